The summed E-state index contributed by atoms with van der Waals surface area (Å²) < 4.78 is 0. The summed E-state index contributed by atoms with van der Waals surface area (Å²) in [7, 11) is 0. The predicted molar refractivity (Wildman–Crippen MR) is 77.7 cm³/mol. The second kappa shape index (κ2) is 7.17. The monoisotopic (exact) mass is 261 g/mol. The van der Waals surface area contributed by atoms with Crippen LogP contribution in [0.3, 0.4) is 0 Å². The summed E-state index contributed by atoms with van der Waals surface area (Å²) in [5.74, 6) is -0.680. The van der Waals surface area contributed by atoms with Crippen LogP contribution >= 0.6 is 0 Å². The highest BCUT2D eigenvalue weighted by atomic mass is 16.4. The summed E-state index contributed by atoms with van der Waals surface area (Å²) >= 11 is 0. The quantitative estimate of drug-likeness (QED) is 0.797. The molecule has 1 N–H and O–H groups in total. The highest BCUT2D eigenvalue weighted by Crippen LogP contribution is 2.26. The molecule has 0 saturated carbocycles. The second-order valence-electron chi connectivity index (χ2n) is 5.28. The summed E-state index contributed by atoms with van der Waals surface area (Å²) in [6.07, 6.45) is 6.90. The molecular weight excluding hydrogens is 238 g/mol. The minimum Gasteiger partial charge on any atom is -0.481 e. The molecule has 0 fully saturated rings. The molecule has 2 rings (SSSR count). The summed E-state index contributed by atoms with van der Waals surface area (Å²) in [5.41, 5.74) is 2.85. The first kappa shape index (κ1) is 13.9. The lowest BCUT2D eigenvalue weighted by molar-refractivity contribution is -0.137. The molecular formula is C16H23NO2. The summed E-state index contributed by atoms with van der Waals surface area (Å²) in [5, 5.41) is 8.62. The Morgan fingerprint density at radius 1 is 1.16 bits per heavy atom. The third kappa shape index (κ3) is 4.27. The van der Waals surface area contributed by atoms with Crippen molar-refractivity contribution in [1.29, 1.82) is 0 Å². The van der Waals surface area contributed by atoms with Gasteiger partial charge in [-0.3, -0.25) is 4.79 Å². The fourth-order valence-corrected chi connectivity index (χ4v) is 2.76. The molecule has 104 valence electrons. The van der Waals surface area contributed by atoms with Gasteiger partial charge in [0.15, 0.2) is 0 Å². The number of carboxylic acids is 1. The maximum atomic E-state index is 10.5. The molecule has 0 unspecified atom stereocenters. The van der Waals surface area contributed by atoms with Crippen LogP contribution in [0.1, 0.15) is 44.1 Å². The normalized spacial score (nSPS) is 14.8. The van der Waals surface area contributed by atoms with Crippen LogP contribution < -0.4 is 4.90 Å². The smallest absolute Gasteiger partial charge is 0.303 e. The molecule has 3 nitrogen and oxygen atoms in total. The van der Waals surface area contributed by atoms with Crippen LogP contribution in [0.5, 0.6) is 0 Å². The number of rotatable bonds is 6. The Labute approximate surface area is 115 Å². The Bertz CT molecular complexity index is 417. The molecule has 1 aliphatic rings. The first-order chi connectivity index (χ1) is 9.27. The highest BCUT2D eigenvalue weighted by molar-refractivity contribution is 5.66. The molecule has 0 radical (unpaired) electrons. The van der Waals surface area contributed by atoms with Gasteiger partial charge in [0.25, 0.3) is 0 Å². The van der Waals surface area contributed by atoms with Gasteiger partial charge >= 0.3 is 5.97 Å². The molecule has 0 bridgehead atoms. The number of fused-ring (bicyclic) bond motifs is 1. The van der Waals surface area contributed by atoms with Crippen molar-refractivity contribution < 1.29 is 9.90 Å². The molecule has 0 amide bonds. The van der Waals surface area contributed by atoms with E-state index in [4.69, 9.17) is 5.11 Å². The average molecular weight is 261 g/mol. The number of nitrogens with zero attached hydrogens (tertiary/aromatic N) is 1. The predicted octanol–water partition coefficient (Wildman–Crippen LogP) is 3.47. The van der Waals surface area contributed by atoms with Gasteiger partial charge in [0.2, 0.25) is 0 Å². The van der Waals surface area contributed by atoms with Crippen molar-refractivity contribution >= 4 is 11.7 Å². The van der Waals surface area contributed by atoms with E-state index >= 15 is 0 Å². The van der Waals surface area contributed by atoms with E-state index in [1.807, 2.05) is 0 Å². The summed E-state index contributed by atoms with van der Waals surface area (Å²) in [4.78, 5) is 12.9. The Morgan fingerprint density at radius 3 is 2.84 bits per heavy atom. The van der Waals surface area contributed by atoms with Crippen molar-refractivity contribution in [1.82, 2.24) is 0 Å². The van der Waals surface area contributed by atoms with E-state index in [1.165, 1.54) is 30.5 Å². The lowest BCUT2D eigenvalue weighted by Gasteiger charge is -2.24. The zero-order chi connectivity index (χ0) is 13.5. The zero-order valence-electron chi connectivity index (χ0n) is 11.5. The van der Waals surface area contributed by atoms with Crippen LogP contribution in [-0.4, -0.2) is 24.2 Å². The summed E-state index contributed by atoms with van der Waals surface area (Å²) in [6.45, 7) is 2.19. The number of benzene rings is 1. The Hall–Kier alpha value is -1.51. The van der Waals surface area contributed by atoms with Gasteiger partial charge < -0.3 is 10.0 Å². The van der Waals surface area contributed by atoms with Gasteiger partial charge in [-0.15, -0.1) is 0 Å². The first-order valence-electron chi connectivity index (χ1n) is 7.32. The maximum Gasteiger partial charge on any atom is 0.303 e. The fourth-order valence-electron chi connectivity index (χ4n) is 2.76. The molecule has 0 aromatic heterocycles. The van der Waals surface area contributed by atoms with E-state index in [9.17, 15) is 4.79 Å². The number of carboxylic acid groups (broad SMARTS) is 1. The molecule has 3 heteroatoms. The molecule has 19 heavy (non-hydrogen) atoms. The summed E-state index contributed by atoms with van der Waals surface area (Å²) in [6, 6.07) is 8.69. The second-order valence-corrected chi connectivity index (χ2v) is 5.28. The van der Waals surface area contributed by atoms with Gasteiger partial charge in [-0.25, -0.2) is 0 Å². The molecule has 0 atom stereocenters. The van der Waals surface area contributed by atoms with Gasteiger partial charge in [0.05, 0.1) is 0 Å². The van der Waals surface area contributed by atoms with E-state index in [2.05, 4.69) is 29.2 Å². The van der Waals surface area contributed by atoms with Gasteiger partial charge in [0, 0.05) is 25.2 Å². The zero-order valence-corrected chi connectivity index (χ0v) is 11.5. The molecule has 1 aliphatic heterocycles. The molecule has 1 aromatic carbocycles. The standard InChI is InChI=1S/C16H23NO2/c18-16(19)11-2-1-6-12-17-13-7-5-9-14-8-3-4-10-15(14)17/h3-4,8,10H,1-2,5-7,9,11-13H2,(H,18,19). The van der Waals surface area contributed by atoms with Gasteiger partial charge in [0.1, 0.15) is 0 Å². The van der Waals surface area contributed by atoms with Crippen LogP contribution in [0.25, 0.3) is 0 Å². The van der Waals surface area contributed by atoms with Crippen molar-refractivity contribution in [3.63, 3.8) is 0 Å². The van der Waals surface area contributed by atoms with Crippen molar-refractivity contribution in [2.75, 3.05) is 18.0 Å². The van der Waals surface area contributed by atoms with Crippen molar-refractivity contribution in [3.05, 3.63) is 29.8 Å². The van der Waals surface area contributed by atoms with Gasteiger partial charge in [-0.05, 0) is 43.7 Å². The molecule has 1 aromatic rings. The number of unbranched alkanes of at least 4 members (excludes halogenated alkanes) is 2. The number of aryl methyl sites for hydroxylation is 1. The van der Waals surface area contributed by atoms with Crippen LogP contribution in [0, 0.1) is 0 Å². The molecule has 1 heterocycles. The SMILES string of the molecule is O=C(O)CCCCCN1CCCCc2ccccc21. The third-order valence-electron chi connectivity index (χ3n) is 3.78. The van der Waals surface area contributed by atoms with Crippen LogP contribution in [0.15, 0.2) is 24.3 Å². The number of carbonyl (C=O) groups is 1. The van der Waals surface area contributed by atoms with E-state index in [-0.39, 0.29) is 0 Å². The third-order valence-corrected chi connectivity index (χ3v) is 3.78. The number of aliphatic carboxylic acids is 1. The Morgan fingerprint density at radius 2 is 2.00 bits per heavy atom. The van der Waals surface area contributed by atoms with Crippen LogP contribution in [0.4, 0.5) is 5.69 Å². The number of hydrogen-bond acceptors (Lipinski definition) is 2. The molecule has 0 spiro atoms. The van der Waals surface area contributed by atoms with E-state index in [0.717, 1.165) is 32.4 Å². The first-order valence-corrected chi connectivity index (χ1v) is 7.32. The van der Waals surface area contributed by atoms with E-state index in [1.54, 1.807) is 0 Å². The number of anilines is 1. The lowest BCUT2D eigenvalue weighted by atomic mass is 10.1. The van der Waals surface area contributed by atoms with E-state index in [0.29, 0.717) is 6.42 Å². The van der Waals surface area contributed by atoms with Crippen LogP contribution in [-0.2, 0) is 11.2 Å². The minimum atomic E-state index is -0.680. The number of hydrogen-bond donors (Lipinski definition) is 1. The highest BCUT2D eigenvalue weighted by Gasteiger charge is 2.13. The minimum absolute atomic E-state index is 0.302. The fraction of sp³-hybridized carbons (Fsp3) is 0.562. The van der Waals surface area contributed by atoms with Crippen molar-refractivity contribution in [2.45, 2.75) is 44.9 Å². The maximum absolute atomic E-state index is 10.5. The van der Waals surface area contributed by atoms with Crippen molar-refractivity contribution in [3.8, 4) is 0 Å². The molecule has 0 saturated heterocycles. The average Bonchev–Trinajstić information content (AvgIpc) is 2.61. The Balaban J connectivity index is 1.84. The van der Waals surface area contributed by atoms with Gasteiger partial charge in [-0.1, -0.05) is 24.6 Å². The van der Waals surface area contributed by atoms with E-state index < -0.39 is 5.97 Å². The van der Waals surface area contributed by atoms with Crippen molar-refractivity contribution in [2.24, 2.45) is 0 Å². The van der Waals surface area contributed by atoms with Crippen LogP contribution in [0.2, 0.25) is 0 Å². The van der Waals surface area contributed by atoms with Gasteiger partial charge in [-0.2, -0.15) is 0 Å². The number of para-hydroxylation sites is 1. The Kier molecular flexibility index (Phi) is 5.25. The lowest BCUT2D eigenvalue weighted by Crippen LogP contribution is -2.25. The topological polar surface area (TPSA) is 40.5 Å². The molecule has 0 aliphatic carbocycles. The largest absolute Gasteiger partial charge is 0.481 e.